The maximum Gasteiger partial charge on any atom is 0.337 e. The number of nitrogens with one attached hydrogen (secondary N) is 1. The Morgan fingerprint density at radius 2 is 1.76 bits per heavy atom. The standard InChI is InChI=1S/C22H34N4O7/c1-12(2)11-22(21(32)33)16(27)8-5-9-17(28)26(22)20(31)15-7-6-10-25(15)19(30)14(4)24-18(29)13(3)23/h12-15H,5-11,23H2,1-4H3,(H,24,29)(H,32,33)/t13-,14-,15-,22+/m0/s1. The summed E-state index contributed by atoms with van der Waals surface area (Å²) in [5.74, 6) is -5.19. The molecule has 33 heavy (non-hydrogen) atoms. The molecule has 0 aromatic heterocycles. The van der Waals surface area contributed by atoms with Crippen molar-refractivity contribution in [2.45, 2.75) is 89.9 Å². The number of nitrogens with two attached hydrogens (primary N) is 1. The van der Waals surface area contributed by atoms with E-state index in [-0.39, 0.29) is 44.6 Å². The van der Waals surface area contributed by atoms with Gasteiger partial charge in [0.2, 0.25) is 23.3 Å². The summed E-state index contributed by atoms with van der Waals surface area (Å²) in [7, 11) is 0. The minimum atomic E-state index is -2.30. The van der Waals surface area contributed by atoms with Crippen molar-refractivity contribution in [1.29, 1.82) is 0 Å². The van der Waals surface area contributed by atoms with Gasteiger partial charge < -0.3 is 21.1 Å². The van der Waals surface area contributed by atoms with Gasteiger partial charge in [-0.1, -0.05) is 13.8 Å². The van der Waals surface area contributed by atoms with Gasteiger partial charge in [-0.3, -0.25) is 28.9 Å². The van der Waals surface area contributed by atoms with Crippen molar-refractivity contribution in [2.75, 3.05) is 6.54 Å². The molecule has 0 bridgehead atoms. The summed E-state index contributed by atoms with van der Waals surface area (Å²) >= 11 is 0. The second-order valence-electron chi connectivity index (χ2n) is 9.32. The Kier molecular flexibility index (Phi) is 8.34. The first-order chi connectivity index (χ1) is 15.3. The molecule has 2 aliphatic rings. The molecule has 4 amide bonds. The van der Waals surface area contributed by atoms with Crippen LogP contribution in [0.1, 0.15) is 66.2 Å². The lowest BCUT2D eigenvalue weighted by Crippen LogP contribution is -2.66. The van der Waals surface area contributed by atoms with E-state index in [1.165, 1.54) is 18.7 Å². The van der Waals surface area contributed by atoms with Crippen LogP contribution >= 0.6 is 0 Å². The monoisotopic (exact) mass is 466 g/mol. The average Bonchev–Trinajstić information content (AvgIpc) is 3.16. The summed E-state index contributed by atoms with van der Waals surface area (Å²) in [4.78, 5) is 78.9. The number of likely N-dealkylation sites (tertiary alicyclic amines) is 2. The molecular formula is C22H34N4O7. The number of amides is 4. The van der Waals surface area contributed by atoms with E-state index in [0.717, 1.165) is 0 Å². The van der Waals surface area contributed by atoms with Crippen LogP contribution in [0, 0.1) is 5.92 Å². The SMILES string of the molecule is CC(C)C[C@]1(C(=O)O)C(=O)CCCC(=O)N1C(=O)[C@@H]1CCCN1C(=O)[C@H](C)NC(=O)[C@H](C)N. The zero-order valence-corrected chi connectivity index (χ0v) is 19.6. The summed E-state index contributed by atoms with van der Waals surface area (Å²) in [6.45, 7) is 6.56. The molecule has 0 spiro atoms. The van der Waals surface area contributed by atoms with Gasteiger partial charge in [-0.05, 0) is 45.4 Å². The lowest BCUT2D eigenvalue weighted by molar-refractivity contribution is -0.173. The fourth-order valence-electron chi connectivity index (χ4n) is 4.56. The van der Waals surface area contributed by atoms with Gasteiger partial charge in [0.25, 0.3) is 5.91 Å². The Bertz CT molecular complexity index is 841. The van der Waals surface area contributed by atoms with E-state index >= 15 is 0 Å². The Labute approximate surface area is 193 Å². The number of carboxylic acid groups (broad SMARTS) is 1. The molecule has 11 heteroatoms. The smallest absolute Gasteiger partial charge is 0.337 e. The number of rotatable bonds is 7. The predicted octanol–water partition coefficient (Wildman–Crippen LogP) is -0.193. The number of carboxylic acids is 1. The van der Waals surface area contributed by atoms with E-state index in [0.29, 0.717) is 11.3 Å². The number of nitrogens with zero attached hydrogens (tertiary/aromatic N) is 2. The Morgan fingerprint density at radius 3 is 2.30 bits per heavy atom. The van der Waals surface area contributed by atoms with Crippen molar-refractivity contribution >= 4 is 35.4 Å². The fraction of sp³-hybridized carbons (Fsp3) is 0.727. The topological polar surface area (TPSA) is 167 Å². The van der Waals surface area contributed by atoms with Crippen molar-refractivity contribution in [3.05, 3.63) is 0 Å². The van der Waals surface area contributed by atoms with E-state index in [2.05, 4.69) is 5.32 Å². The quantitative estimate of drug-likeness (QED) is 0.343. The molecule has 11 nitrogen and oxygen atoms in total. The molecule has 2 saturated heterocycles. The third-order valence-corrected chi connectivity index (χ3v) is 6.13. The highest BCUT2D eigenvalue weighted by Crippen LogP contribution is 2.34. The molecule has 2 rings (SSSR count). The molecule has 4 atom stereocenters. The molecule has 2 fully saturated rings. The van der Waals surface area contributed by atoms with Crippen LogP contribution < -0.4 is 11.1 Å². The number of Topliss-reactive ketones (excluding diaryl/α,β-unsaturated/α-hetero) is 1. The van der Waals surface area contributed by atoms with Crippen LogP contribution in [0.4, 0.5) is 0 Å². The largest absolute Gasteiger partial charge is 0.479 e. The summed E-state index contributed by atoms with van der Waals surface area (Å²) in [5.41, 5.74) is 3.23. The first kappa shape index (κ1) is 26.4. The molecule has 0 aliphatic carbocycles. The Balaban J connectivity index is 2.42. The molecule has 0 radical (unpaired) electrons. The lowest BCUT2D eigenvalue weighted by atomic mass is 9.81. The second kappa shape index (κ2) is 10.4. The summed E-state index contributed by atoms with van der Waals surface area (Å²) in [6.07, 6.45) is 0.362. The number of carbonyl (C=O) groups is 6. The number of hydrogen-bond acceptors (Lipinski definition) is 7. The van der Waals surface area contributed by atoms with Gasteiger partial charge in [-0.2, -0.15) is 0 Å². The predicted molar refractivity (Wildman–Crippen MR) is 117 cm³/mol. The molecule has 4 N–H and O–H groups in total. The molecule has 2 heterocycles. The number of hydrogen-bond donors (Lipinski definition) is 3. The first-order valence-electron chi connectivity index (χ1n) is 11.3. The maximum atomic E-state index is 13.7. The first-order valence-corrected chi connectivity index (χ1v) is 11.3. The number of carbonyl (C=O) groups excluding carboxylic acids is 5. The average molecular weight is 467 g/mol. The minimum Gasteiger partial charge on any atom is -0.479 e. The zero-order chi connectivity index (χ0) is 25.1. The molecule has 2 aliphatic heterocycles. The van der Waals surface area contributed by atoms with Gasteiger partial charge in [-0.15, -0.1) is 0 Å². The second-order valence-corrected chi connectivity index (χ2v) is 9.32. The Morgan fingerprint density at radius 1 is 1.12 bits per heavy atom. The van der Waals surface area contributed by atoms with Crippen LogP contribution in [-0.2, 0) is 28.8 Å². The van der Waals surface area contributed by atoms with Crippen molar-refractivity contribution in [2.24, 2.45) is 11.7 Å². The number of imide groups is 1. The van der Waals surface area contributed by atoms with E-state index in [1.807, 2.05) is 0 Å². The van der Waals surface area contributed by atoms with Gasteiger partial charge in [0.15, 0.2) is 5.78 Å². The van der Waals surface area contributed by atoms with Crippen molar-refractivity contribution in [3.8, 4) is 0 Å². The minimum absolute atomic E-state index is 0.123. The maximum absolute atomic E-state index is 13.7. The number of aliphatic carboxylic acids is 1. The summed E-state index contributed by atoms with van der Waals surface area (Å²) in [5, 5.41) is 12.6. The molecule has 0 aromatic carbocycles. The van der Waals surface area contributed by atoms with Crippen LogP contribution in [0.3, 0.4) is 0 Å². The van der Waals surface area contributed by atoms with Crippen LogP contribution in [0.5, 0.6) is 0 Å². The molecule has 0 aromatic rings. The van der Waals surface area contributed by atoms with Gasteiger partial charge in [0.05, 0.1) is 6.04 Å². The summed E-state index contributed by atoms with van der Waals surface area (Å²) < 4.78 is 0. The van der Waals surface area contributed by atoms with Crippen molar-refractivity contribution in [3.63, 3.8) is 0 Å². The number of ketones is 1. The molecule has 0 saturated carbocycles. The van der Waals surface area contributed by atoms with Gasteiger partial charge in [0.1, 0.15) is 12.1 Å². The van der Waals surface area contributed by atoms with Crippen LogP contribution in [0.2, 0.25) is 0 Å². The van der Waals surface area contributed by atoms with Crippen molar-refractivity contribution < 1.29 is 33.9 Å². The van der Waals surface area contributed by atoms with Crippen LogP contribution in [0.25, 0.3) is 0 Å². The van der Waals surface area contributed by atoms with Crippen LogP contribution in [-0.4, -0.2) is 80.5 Å². The highest BCUT2D eigenvalue weighted by molar-refractivity contribution is 6.16. The lowest BCUT2D eigenvalue weighted by Gasteiger charge is -2.40. The van der Waals surface area contributed by atoms with Gasteiger partial charge in [0, 0.05) is 19.4 Å². The molecule has 184 valence electrons. The van der Waals surface area contributed by atoms with E-state index in [1.54, 1.807) is 13.8 Å². The third kappa shape index (κ3) is 5.23. The highest BCUT2D eigenvalue weighted by Gasteiger charge is 2.58. The Hall–Kier alpha value is -2.82. The van der Waals surface area contributed by atoms with Gasteiger partial charge in [-0.25, -0.2) is 4.79 Å². The van der Waals surface area contributed by atoms with E-state index in [4.69, 9.17) is 5.73 Å². The highest BCUT2D eigenvalue weighted by atomic mass is 16.4. The fourth-order valence-corrected chi connectivity index (χ4v) is 4.56. The zero-order valence-electron chi connectivity index (χ0n) is 19.6. The van der Waals surface area contributed by atoms with Crippen LogP contribution in [0.15, 0.2) is 0 Å². The normalized spacial score (nSPS) is 25.6. The molecular weight excluding hydrogens is 432 g/mol. The van der Waals surface area contributed by atoms with Gasteiger partial charge >= 0.3 is 5.97 Å². The van der Waals surface area contributed by atoms with Crippen molar-refractivity contribution in [1.82, 2.24) is 15.1 Å². The van der Waals surface area contributed by atoms with E-state index in [9.17, 15) is 33.9 Å². The van der Waals surface area contributed by atoms with E-state index < -0.39 is 59.0 Å². The third-order valence-electron chi connectivity index (χ3n) is 6.13. The summed E-state index contributed by atoms with van der Waals surface area (Å²) in [6, 6.07) is -2.91. The molecule has 0 unspecified atom stereocenters.